The summed E-state index contributed by atoms with van der Waals surface area (Å²) in [6.45, 7) is 2.17. The smallest absolute Gasteiger partial charge is 0.253 e. The molecule has 1 fully saturated rings. The summed E-state index contributed by atoms with van der Waals surface area (Å²) in [5, 5.41) is 3.41. The van der Waals surface area contributed by atoms with E-state index in [2.05, 4.69) is 12.2 Å². The quantitative estimate of drug-likeness (QED) is 0.784. The van der Waals surface area contributed by atoms with Crippen molar-refractivity contribution < 1.29 is 4.79 Å². The highest BCUT2D eigenvalue weighted by molar-refractivity contribution is 5.95. The number of nitrogen functional groups attached to an aromatic ring is 1. The molecule has 1 aromatic carbocycles. The molecule has 92 valence electrons. The SMILES string of the molecule is CN(C)C(=O)c1ccc(NC2(C)CC2)c(N)c1. The van der Waals surface area contributed by atoms with Gasteiger partial charge in [0.1, 0.15) is 0 Å². The first-order chi connectivity index (χ1) is 7.91. The molecule has 2 rings (SSSR count). The maximum absolute atomic E-state index is 11.8. The number of hydrogen-bond donors (Lipinski definition) is 2. The third-order valence-corrected chi connectivity index (χ3v) is 3.14. The average Bonchev–Trinajstić information content (AvgIpc) is 2.98. The zero-order valence-corrected chi connectivity index (χ0v) is 10.6. The van der Waals surface area contributed by atoms with E-state index in [0.29, 0.717) is 11.3 Å². The number of benzene rings is 1. The fraction of sp³-hybridized carbons (Fsp3) is 0.462. The Labute approximate surface area is 102 Å². The summed E-state index contributed by atoms with van der Waals surface area (Å²) in [5.74, 6) is -0.0270. The predicted octanol–water partition coefficient (Wildman–Crippen LogP) is 1.93. The lowest BCUT2D eigenvalue weighted by molar-refractivity contribution is 0.0827. The molecule has 0 unspecified atom stereocenters. The maximum atomic E-state index is 11.8. The van der Waals surface area contributed by atoms with Crippen molar-refractivity contribution in [3.05, 3.63) is 23.8 Å². The van der Waals surface area contributed by atoms with Gasteiger partial charge in [-0.2, -0.15) is 0 Å². The Morgan fingerprint density at radius 2 is 2.06 bits per heavy atom. The monoisotopic (exact) mass is 233 g/mol. The van der Waals surface area contributed by atoms with Crippen LogP contribution < -0.4 is 11.1 Å². The summed E-state index contributed by atoms with van der Waals surface area (Å²) < 4.78 is 0. The molecule has 3 N–H and O–H groups in total. The van der Waals surface area contributed by atoms with Gasteiger partial charge in [-0.05, 0) is 38.0 Å². The van der Waals surface area contributed by atoms with Crippen LogP contribution in [0.4, 0.5) is 11.4 Å². The van der Waals surface area contributed by atoms with Crippen LogP contribution in [0, 0.1) is 0 Å². The summed E-state index contributed by atoms with van der Waals surface area (Å²) >= 11 is 0. The van der Waals surface area contributed by atoms with Crippen molar-refractivity contribution >= 4 is 17.3 Å². The van der Waals surface area contributed by atoms with Crippen molar-refractivity contribution in [2.45, 2.75) is 25.3 Å². The average molecular weight is 233 g/mol. The van der Waals surface area contributed by atoms with Crippen LogP contribution in [-0.4, -0.2) is 30.4 Å². The molecular weight excluding hydrogens is 214 g/mol. The fourth-order valence-electron chi connectivity index (χ4n) is 1.71. The second kappa shape index (κ2) is 3.95. The molecule has 1 saturated carbocycles. The highest BCUT2D eigenvalue weighted by Crippen LogP contribution is 2.39. The Morgan fingerprint density at radius 1 is 1.41 bits per heavy atom. The van der Waals surface area contributed by atoms with E-state index in [1.54, 1.807) is 25.1 Å². The molecule has 0 radical (unpaired) electrons. The largest absolute Gasteiger partial charge is 0.397 e. The van der Waals surface area contributed by atoms with Crippen LogP contribution >= 0.6 is 0 Å². The van der Waals surface area contributed by atoms with Crippen LogP contribution in [0.15, 0.2) is 18.2 Å². The predicted molar refractivity (Wildman–Crippen MR) is 70.1 cm³/mol. The van der Waals surface area contributed by atoms with Gasteiger partial charge in [-0.1, -0.05) is 0 Å². The van der Waals surface area contributed by atoms with Gasteiger partial charge in [-0.15, -0.1) is 0 Å². The molecule has 1 amide bonds. The van der Waals surface area contributed by atoms with E-state index in [1.165, 1.54) is 12.8 Å². The van der Waals surface area contributed by atoms with Gasteiger partial charge in [0.05, 0.1) is 11.4 Å². The molecule has 0 atom stereocenters. The van der Waals surface area contributed by atoms with Crippen LogP contribution in [-0.2, 0) is 0 Å². The lowest BCUT2D eigenvalue weighted by atomic mass is 10.1. The maximum Gasteiger partial charge on any atom is 0.253 e. The van der Waals surface area contributed by atoms with Crippen molar-refractivity contribution in [3.8, 4) is 0 Å². The second-order valence-electron chi connectivity index (χ2n) is 5.19. The molecule has 1 aliphatic rings. The first kappa shape index (κ1) is 11.8. The topological polar surface area (TPSA) is 58.4 Å². The third kappa shape index (κ3) is 2.52. The Hall–Kier alpha value is -1.71. The first-order valence-electron chi connectivity index (χ1n) is 5.81. The number of nitrogens with one attached hydrogen (secondary N) is 1. The van der Waals surface area contributed by atoms with Gasteiger partial charge < -0.3 is 16.0 Å². The van der Waals surface area contributed by atoms with Crippen molar-refractivity contribution in [2.75, 3.05) is 25.1 Å². The van der Waals surface area contributed by atoms with Crippen LogP contribution in [0.25, 0.3) is 0 Å². The number of anilines is 2. The van der Waals surface area contributed by atoms with E-state index >= 15 is 0 Å². The van der Waals surface area contributed by atoms with Gasteiger partial charge in [0.15, 0.2) is 0 Å². The van der Waals surface area contributed by atoms with Crippen molar-refractivity contribution in [2.24, 2.45) is 0 Å². The molecule has 0 heterocycles. The van der Waals surface area contributed by atoms with Gasteiger partial charge in [0.25, 0.3) is 5.91 Å². The molecule has 4 heteroatoms. The van der Waals surface area contributed by atoms with Crippen LogP contribution in [0.2, 0.25) is 0 Å². The molecule has 17 heavy (non-hydrogen) atoms. The number of carbonyl (C=O) groups excluding carboxylic acids is 1. The third-order valence-electron chi connectivity index (χ3n) is 3.14. The minimum atomic E-state index is -0.0270. The normalized spacial score (nSPS) is 16.4. The minimum Gasteiger partial charge on any atom is -0.397 e. The Balaban J connectivity index is 2.19. The lowest BCUT2D eigenvalue weighted by Crippen LogP contribution is -2.22. The van der Waals surface area contributed by atoms with Gasteiger partial charge in [-0.3, -0.25) is 4.79 Å². The fourth-order valence-corrected chi connectivity index (χ4v) is 1.71. The van der Waals surface area contributed by atoms with Gasteiger partial charge in [0, 0.05) is 25.2 Å². The summed E-state index contributed by atoms with van der Waals surface area (Å²) in [4.78, 5) is 13.3. The lowest BCUT2D eigenvalue weighted by Gasteiger charge is -2.17. The highest BCUT2D eigenvalue weighted by atomic mass is 16.2. The molecule has 0 aromatic heterocycles. The van der Waals surface area contributed by atoms with Crippen LogP contribution in [0.3, 0.4) is 0 Å². The molecule has 0 spiro atoms. The van der Waals surface area contributed by atoms with E-state index < -0.39 is 0 Å². The van der Waals surface area contributed by atoms with E-state index in [4.69, 9.17) is 5.73 Å². The molecule has 1 aliphatic carbocycles. The molecule has 0 aliphatic heterocycles. The van der Waals surface area contributed by atoms with E-state index in [9.17, 15) is 4.79 Å². The van der Waals surface area contributed by atoms with Crippen LogP contribution in [0.5, 0.6) is 0 Å². The zero-order valence-electron chi connectivity index (χ0n) is 10.6. The van der Waals surface area contributed by atoms with Crippen molar-refractivity contribution in [1.82, 2.24) is 4.90 Å². The summed E-state index contributed by atoms with van der Waals surface area (Å²) in [7, 11) is 3.46. The van der Waals surface area contributed by atoms with Gasteiger partial charge >= 0.3 is 0 Å². The standard InChI is InChI=1S/C13H19N3O/c1-13(6-7-13)15-11-5-4-9(8-10(11)14)12(17)16(2)3/h4-5,8,15H,6-7,14H2,1-3H3. The Bertz CT molecular complexity index is 450. The number of nitrogens with two attached hydrogens (primary N) is 1. The molecule has 0 bridgehead atoms. The number of nitrogens with zero attached hydrogens (tertiary/aromatic N) is 1. The summed E-state index contributed by atoms with van der Waals surface area (Å²) in [6, 6.07) is 5.43. The Kier molecular flexibility index (Phi) is 2.73. The van der Waals surface area contributed by atoms with Crippen LogP contribution in [0.1, 0.15) is 30.1 Å². The summed E-state index contributed by atoms with van der Waals surface area (Å²) in [5.41, 5.74) is 8.33. The van der Waals surface area contributed by atoms with E-state index in [0.717, 1.165) is 5.69 Å². The van der Waals surface area contributed by atoms with E-state index in [-0.39, 0.29) is 11.4 Å². The number of amides is 1. The molecule has 1 aromatic rings. The highest BCUT2D eigenvalue weighted by Gasteiger charge is 2.37. The summed E-state index contributed by atoms with van der Waals surface area (Å²) in [6.07, 6.45) is 2.34. The van der Waals surface area contributed by atoms with E-state index in [1.807, 2.05) is 12.1 Å². The Morgan fingerprint density at radius 3 is 2.53 bits per heavy atom. The number of carbonyl (C=O) groups is 1. The van der Waals surface area contributed by atoms with Crippen molar-refractivity contribution in [3.63, 3.8) is 0 Å². The van der Waals surface area contributed by atoms with Gasteiger partial charge in [-0.25, -0.2) is 0 Å². The van der Waals surface area contributed by atoms with Gasteiger partial charge in [0.2, 0.25) is 0 Å². The first-order valence-corrected chi connectivity index (χ1v) is 5.81. The molecule has 4 nitrogen and oxygen atoms in total. The number of hydrogen-bond acceptors (Lipinski definition) is 3. The second-order valence-corrected chi connectivity index (χ2v) is 5.19. The minimum absolute atomic E-state index is 0.0270. The van der Waals surface area contributed by atoms with Crippen molar-refractivity contribution in [1.29, 1.82) is 0 Å². The molecule has 0 saturated heterocycles. The zero-order chi connectivity index (χ0) is 12.6. The molecular formula is C13H19N3O. The number of rotatable bonds is 3.